The summed E-state index contributed by atoms with van der Waals surface area (Å²) in [5, 5.41) is 3.25. The molecule has 0 unspecified atom stereocenters. The van der Waals surface area contributed by atoms with E-state index in [1.54, 1.807) is 0 Å². The molecule has 96 valence electrons. The van der Waals surface area contributed by atoms with Crippen LogP contribution in [0.4, 0.5) is 0 Å². The van der Waals surface area contributed by atoms with Crippen molar-refractivity contribution in [2.45, 2.75) is 52.0 Å². The van der Waals surface area contributed by atoms with Gasteiger partial charge in [0.1, 0.15) is 0 Å². The lowest BCUT2D eigenvalue weighted by Gasteiger charge is -2.11. The van der Waals surface area contributed by atoms with Gasteiger partial charge in [0, 0.05) is 6.04 Å². The summed E-state index contributed by atoms with van der Waals surface area (Å²) in [7, 11) is -2.80. The van der Waals surface area contributed by atoms with Gasteiger partial charge in [-0.3, -0.25) is 0 Å². The van der Waals surface area contributed by atoms with E-state index in [1.807, 2.05) is 0 Å². The van der Waals surface area contributed by atoms with Crippen LogP contribution in [0.15, 0.2) is 0 Å². The van der Waals surface area contributed by atoms with Crippen LogP contribution in [0.2, 0.25) is 0 Å². The normalized spacial score (nSPS) is 18.4. The lowest BCUT2D eigenvalue weighted by molar-refractivity contribution is 0.548. The van der Waals surface area contributed by atoms with Gasteiger partial charge in [0.25, 0.3) is 0 Å². The van der Waals surface area contributed by atoms with E-state index in [1.165, 1.54) is 12.8 Å². The first-order valence-electron chi connectivity index (χ1n) is 6.43. The van der Waals surface area contributed by atoms with Crippen molar-refractivity contribution in [1.29, 1.82) is 0 Å². The zero-order valence-electron chi connectivity index (χ0n) is 10.5. The highest BCUT2D eigenvalue weighted by atomic mass is 32.2. The van der Waals surface area contributed by atoms with Gasteiger partial charge < -0.3 is 5.32 Å². The molecule has 1 fully saturated rings. The molecule has 1 saturated carbocycles. The Labute approximate surface area is 99.9 Å². The maximum Gasteiger partial charge on any atom is 0.150 e. The Bertz CT molecular complexity index is 279. The van der Waals surface area contributed by atoms with Gasteiger partial charge in [0.05, 0.1) is 11.5 Å². The standard InChI is InChI=1S/C12H25NO2S/c1-11(2)13-8-5-9-16(14,15)10-12-6-3-4-7-12/h11-13H,3-10H2,1-2H3. The first-order valence-corrected chi connectivity index (χ1v) is 8.25. The second-order valence-electron chi connectivity index (χ2n) is 5.23. The van der Waals surface area contributed by atoms with Crippen LogP contribution < -0.4 is 5.32 Å². The van der Waals surface area contributed by atoms with Crippen LogP contribution in [0, 0.1) is 5.92 Å². The monoisotopic (exact) mass is 247 g/mol. The topological polar surface area (TPSA) is 46.2 Å². The lowest BCUT2D eigenvalue weighted by Crippen LogP contribution is -2.26. The van der Waals surface area contributed by atoms with Crippen LogP contribution in [0.25, 0.3) is 0 Å². The summed E-state index contributed by atoms with van der Waals surface area (Å²) >= 11 is 0. The summed E-state index contributed by atoms with van der Waals surface area (Å²) in [5.74, 6) is 1.22. The molecule has 0 aliphatic heterocycles. The van der Waals surface area contributed by atoms with Crippen LogP contribution in [0.1, 0.15) is 46.0 Å². The van der Waals surface area contributed by atoms with Crippen molar-refractivity contribution < 1.29 is 8.42 Å². The van der Waals surface area contributed by atoms with E-state index in [0.29, 0.717) is 23.5 Å². The quantitative estimate of drug-likeness (QED) is 0.700. The summed E-state index contributed by atoms with van der Waals surface area (Å²) in [6, 6.07) is 0.442. The highest BCUT2D eigenvalue weighted by molar-refractivity contribution is 7.91. The molecule has 0 radical (unpaired) electrons. The number of hydrogen-bond acceptors (Lipinski definition) is 3. The van der Waals surface area contributed by atoms with Gasteiger partial charge in [-0.05, 0) is 31.7 Å². The van der Waals surface area contributed by atoms with E-state index in [2.05, 4.69) is 19.2 Å². The Hall–Kier alpha value is -0.0900. The molecule has 1 N–H and O–H groups in total. The number of sulfone groups is 1. The molecule has 0 aromatic heterocycles. The predicted octanol–water partition coefficient (Wildman–Crippen LogP) is 1.98. The van der Waals surface area contributed by atoms with Crippen LogP contribution in [-0.2, 0) is 9.84 Å². The van der Waals surface area contributed by atoms with Gasteiger partial charge in [-0.25, -0.2) is 8.42 Å². The van der Waals surface area contributed by atoms with Crippen molar-refractivity contribution in [3.63, 3.8) is 0 Å². The third kappa shape index (κ3) is 5.85. The van der Waals surface area contributed by atoms with Gasteiger partial charge in [-0.2, -0.15) is 0 Å². The second-order valence-corrected chi connectivity index (χ2v) is 7.46. The van der Waals surface area contributed by atoms with Crippen molar-refractivity contribution in [2.24, 2.45) is 5.92 Å². The maximum absolute atomic E-state index is 11.8. The fourth-order valence-electron chi connectivity index (χ4n) is 2.30. The van der Waals surface area contributed by atoms with E-state index in [0.717, 1.165) is 25.8 Å². The SMILES string of the molecule is CC(C)NCCCS(=O)(=O)CC1CCCC1. The van der Waals surface area contributed by atoms with Crippen molar-refractivity contribution in [2.75, 3.05) is 18.1 Å². The molecule has 16 heavy (non-hydrogen) atoms. The minimum absolute atomic E-state index is 0.350. The van der Waals surface area contributed by atoms with E-state index in [4.69, 9.17) is 0 Å². The summed E-state index contributed by atoms with van der Waals surface area (Å²) in [6.07, 6.45) is 5.41. The molecule has 1 aliphatic carbocycles. The average molecular weight is 247 g/mol. The summed E-state index contributed by atoms with van der Waals surface area (Å²) in [4.78, 5) is 0. The van der Waals surface area contributed by atoms with E-state index in [9.17, 15) is 8.42 Å². The Morgan fingerprint density at radius 1 is 1.25 bits per heavy atom. The average Bonchev–Trinajstić information content (AvgIpc) is 2.64. The number of hydrogen-bond donors (Lipinski definition) is 1. The van der Waals surface area contributed by atoms with Crippen LogP contribution in [0.3, 0.4) is 0 Å². The molecule has 0 spiro atoms. The Morgan fingerprint density at radius 3 is 2.44 bits per heavy atom. The van der Waals surface area contributed by atoms with Gasteiger partial charge in [-0.15, -0.1) is 0 Å². The molecule has 1 rings (SSSR count). The van der Waals surface area contributed by atoms with Gasteiger partial charge in [0.2, 0.25) is 0 Å². The van der Waals surface area contributed by atoms with Gasteiger partial charge in [0.15, 0.2) is 9.84 Å². The number of rotatable bonds is 7. The molecule has 0 heterocycles. The molecule has 0 aromatic carbocycles. The summed E-state index contributed by atoms with van der Waals surface area (Å²) < 4.78 is 23.6. The van der Waals surface area contributed by atoms with E-state index >= 15 is 0 Å². The molecule has 0 atom stereocenters. The Balaban J connectivity index is 2.18. The van der Waals surface area contributed by atoms with Crippen LogP contribution in [-0.4, -0.2) is 32.5 Å². The molecule has 3 nitrogen and oxygen atoms in total. The van der Waals surface area contributed by atoms with Crippen molar-refractivity contribution in [3.8, 4) is 0 Å². The summed E-state index contributed by atoms with van der Waals surface area (Å²) in [5.41, 5.74) is 0. The number of nitrogens with one attached hydrogen (secondary N) is 1. The lowest BCUT2D eigenvalue weighted by atomic mass is 10.1. The molecule has 0 bridgehead atoms. The third-order valence-electron chi connectivity index (χ3n) is 3.15. The molecule has 4 heteroatoms. The van der Waals surface area contributed by atoms with Crippen LogP contribution in [0.5, 0.6) is 0 Å². The molecule has 0 amide bonds. The molecular formula is C12H25NO2S. The fourth-order valence-corrected chi connectivity index (χ4v) is 4.10. The Kier molecular flexibility index (Phi) is 5.76. The summed E-state index contributed by atoms with van der Waals surface area (Å²) in [6.45, 7) is 4.96. The first-order chi connectivity index (χ1) is 7.49. The highest BCUT2D eigenvalue weighted by Gasteiger charge is 2.22. The van der Waals surface area contributed by atoms with Crippen molar-refractivity contribution in [1.82, 2.24) is 5.32 Å². The predicted molar refractivity (Wildman–Crippen MR) is 68.4 cm³/mol. The van der Waals surface area contributed by atoms with E-state index in [-0.39, 0.29) is 0 Å². The van der Waals surface area contributed by atoms with Crippen molar-refractivity contribution in [3.05, 3.63) is 0 Å². The fraction of sp³-hybridized carbons (Fsp3) is 1.00. The van der Waals surface area contributed by atoms with Gasteiger partial charge >= 0.3 is 0 Å². The molecule has 0 saturated heterocycles. The first kappa shape index (κ1) is 14.0. The second kappa shape index (κ2) is 6.60. The molecule has 0 aromatic rings. The van der Waals surface area contributed by atoms with Crippen molar-refractivity contribution >= 4 is 9.84 Å². The highest BCUT2D eigenvalue weighted by Crippen LogP contribution is 2.26. The molecule has 1 aliphatic rings. The maximum atomic E-state index is 11.8. The smallest absolute Gasteiger partial charge is 0.150 e. The molecular weight excluding hydrogens is 222 g/mol. The minimum Gasteiger partial charge on any atom is -0.314 e. The minimum atomic E-state index is -2.80. The largest absolute Gasteiger partial charge is 0.314 e. The van der Waals surface area contributed by atoms with E-state index < -0.39 is 9.84 Å². The zero-order valence-corrected chi connectivity index (χ0v) is 11.4. The van der Waals surface area contributed by atoms with Gasteiger partial charge in [-0.1, -0.05) is 26.7 Å². The zero-order chi connectivity index (χ0) is 12.0. The van der Waals surface area contributed by atoms with Crippen LogP contribution >= 0.6 is 0 Å². The third-order valence-corrected chi connectivity index (χ3v) is 5.04. The Morgan fingerprint density at radius 2 is 1.88 bits per heavy atom.